The van der Waals surface area contributed by atoms with Crippen molar-refractivity contribution in [2.75, 3.05) is 10.5 Å². The second-order valence-electron chi connectivity index (χ2n) is 4.25. The van der Waals surface area contributed by atoms with Crippen molar-refractivity contribution in [3.63, 3.8) is 0 Å². The van der Waals surface area contributed by atoms with Gasteiger partial charge in [0.15, 0.2) is 0 Å². The van der Waals surface area contributed by atoms with Gasteiger partial charge in [-0.3, -0.25) is 4.72 Å². The Morgan fingerprint density at radius 1 is 1.20 bits per heavy atom. The molecular formula is C13H12BrFN2O2S. The van der Waals surface area contributed by atoms with Crippen LogP contribution in [0.1, 0.15) is 5.56 Å². The zero-order chi connectivity index (χ0) is 14.9. The third kappa shape index (κ3) is 3.10. The number of nitrogens with one attached hydrogen (secondary N) is 1. The molecule has 0 aliphatic rings. The number of hydrogen-bond donors (Lipinski definition) is 2. The first kappa shape index (κ1) is 14.8. The predicted octanol–water partition coefficient (Wildman–Crippen LogP) is 3.28. The van der Waals surface area contributed by atoms with Crippen molar-refractivity contribution < 1.29 is 12.8 Å². The molecule has 0 heterocycles. The quantitative estimate of drug-likeness (QED) is 0.827. The lowest BCUT2D eigenvalue weighted by molar-refractivity contribution is 0.601. The molecule has 0 unspecified atom stereocenters. The van der Waals surface area contributed by atoms with Crippen LogP contribution in [0.3, 0.4) is 0 Å². The minimum atomic E-state index is -3.87. The Kier molecular flexibility index (Phi) is 4.01. The van der Waals surface area contributed by atoms with Gasteiger partial charge in [0, 0.05) is 4.47 Å². The topological polar surface area (TPSA) is 72.2 Å². The summed E-state index contributed by atoms with van der Waals surface area (Å²) in [5.41, 5.74) is 6.37. The highest BCUT2D eigenvalue weighted by Gasteiger charge is 2.18. The SMILES string of the molecule is Cc1ccc(NS(=O)(=O)c2cc(Br)ccc2N)cc1F. The first-order valence-corrected chi connectivity index (χ1v) is 7.91. The maximum atomic E-state index is 13.4. The van der Waals surface area contributed by atoms with E-state index in [1.54, 1.807) is 13.0 Å². The van der Waals surface area contributed by atoms with E-state index in [2.05, 4.69) is 20.7 Å². The van der Waals surface area contributed by atoms with E-state index in [-0.39, 0.29) is 16.3 Å². The molecule has 0 atom stereocenters. The van der Waals surface area contributed by atoms with Gasteiger partial charge >= 0.3 is 0 Å². The largest absolute Gasteiger partial charge is 0.398 e. The molecule has 0 fully saturated rings. The average Bonchev–Trinajstić information content (AvgIpc) is 2.36. The molecule has 0 saturated heterocycles. The Labute approximate surface area is 125 Å². The Bertz CT molecular complexity index is 763. The first-order valence-electron chi connectivity index (χ1n) is 5.63. The van der Waals surface area contributed by atoms with Crippen LogP contribution in [0.15, 0.2) is 45.8 Å². The van der Waals surface area contributed by atoms with Gasteiger partial charge in [-0.2, -0.15) is 0 Å². The lowest BCUT2D eigenvalue weighted by Gasteiger charge is -2.11. The van der Waals surface area contributed by atoms with Gasteiger partial charge in [0.1, 0.15) is 10.7 Å². The normalized spacial score (nSPS) is 11.3. The number of aryl methyl sites for hydroxylation is 1. The summed E-state index contributed by atoms with van der Waals surface area (Å²) in [5, 5.41) is 0. The molecule has 2 aromatic rings. The Morgan fingerprint density at radius 3 is 2.55 bits per heavy atom. The molecule has 0 spiro atoms. The summed E-state index contributed by atoms with van der Waals surface area (Å²) < 4.78 is 40.8. The van der Waals surface area contributed by atoms with Crippen LogP contribution in [-0.4, -0.2) is 8.42 Å². The van der Waals surface area contributed by atoms with E-state index in [4.69, 9.17) is 5.73 Å². The predicted molar refractivity (Wildman–Crippen MR) is 80.5 cm³/mol. The van der Waals surface area contributed by atoms with Crippen molar-refractivity contribution in [1.29, 1.82) is 0 Å². The Hall–Kier alpha value is -1.60. The van der Waals surface area contributed by atoms with E-state index in [1.807, 2.05) is 0 Å². The molecular weight excluding hydrogens is 347 g/mol. The highest BCUT2D eigenvalue weighted by atomic mass is 79.9. The number of halogens is 2. The number of sulfonamides is 1. The maximum absolute atomic E-state index is 13.4. The Morgan fingerprint density at radius 2 is 1.90 bits per heavy atom. The van der Waals surface area contributed by atoms with Gasteiger partial charge in [-0.15, -0.1) is 0 Å². The summed E-state index contributed by atoms with van der Waals surface area (Å²) in [6.07, 6.45) is 0. The monoisotopic (exact) mass is 358 g/mol. The summed E-state index contributed by atoms with van der Waals surface area (Å²) in [5.74, 6) is -0.479. The van der Waals surface area contributed by atoms with Crippen molar-refractivity contribution in [3.8, 4) is 0 Å². The van der Waals surface area contributed by atoms with Gasteiger partial charge < -0.3 is 5.73 Å². The fourth-order valence-corrected chi connectivity index (χ4v) is 3.33. The number of nitrogen functional groups attached to an aromatic ring is 1. The molecule has 0 saturated carbocycles. The minimum absolute atomic E-state index is 0.0622. The van der Waals surface area contributed by atoms with E-state index in [0.29, 0.717) is 10.0 Å². The lowest BCUT2D eigenvalue weighted by atomic mass is 10.2. The van der Waals surface area contributed by atoms with Crippen molar-refractivity contribution in [3.05, 3.63) is 52.3 Å². The molecule has 20 heavy (non-hydrogen) atoms. The summed E-state index contributed by atoms with van der Waals surface area (Å²) in [4.78, 5) is -0.0622. The maximum Gasteiger partial charge on any atom is 0.263 e. The minimum Gasteiger partial charge on any atom is -0.398 e. The number of hydrogen-bond acceptors (Lipinski definition) is 3. The van der Waals surface area contributed by atoms with Crippen LogP contribution in [-0.2, 0) is 10.0 Å². The third-order valence-electron chi connectivity index (χ3n) is 2.69. The third-order valence-corrected chi connectivity index (χ3v) is 4.62. The van der Waals surface area contributed by atoms with Gasteiger partial charge in [0.25, 0.3) is 10.0 Å². The first-order chi connectivity index (χ1) is 9.29. The van der Waals surface area contributed by atoms with Gasteiger partial charge in [0.05, 0.1) is 11.4 Å². The molecule has 0 aliphatic heterocycles. The lowest BCUT2D eigenvalue weighted by Crippen LogP contribution is -2.15. The van der Waals surface area contributed by atoms with Crippen LogP contribution in [0, 0.1) is 12.7 Å². The van der Waals surface area contributed by atoms with Crippen LogP contribution in [0.4, 0.5) is 15.8 Å². The highest BCUT2D eigenvalue weighted by Crippen LogP contribution is 2.25. The van der Waals surface area contributed by atoms with Crippen LogP contribution in [0.5, 0.6) is 0 Å². The number of rotatable bonds is 3. The molecule has 0 aromatic heterocycles. The van der Waals surface area contributed by atoms with Crippen molar-refractivity contribution in [1.82, 2.24) is 0 Å². The molecule has 0 amide bonds. The van der Waals surface area contributed by atoms with Gasteiger partial charge in [-0.25, -0.2) is 12.8 Å². The van der Waals surface area contributed by atoms with E-state index in [9.17, 15) is 12.8 Å². The van der Waals surface area contributed by atoms with E-state index >= 15 is 0 Å². The van der Waals surface area contributed by atoms with E-state index in [0.717, 1.165) is 6.07 Å². The van der Waals surface area contributed by atoms with Crippen LogP contribution in [0.2, 0.25) is 0 Å². The molecule has 2 rings (SSSR count). The summed E-state index contributed by atoms with van der Waals surface area (Å²) in [7, 11) is -3.87. The van der Waals surface area contributed by atoms with Crippen molar-refractivity contribution in [2.24, 2.45) is 0 Å². The zero-order valence-electron chi connectivity index (χ0n) is 10.5. The molecule has 106 valence electrons. The van der Waals surface area contributed by atoms with Gasteiger partial charge in [-0.05, 0) is 42.8 Å². The van der Waals surface area contributed by atoms with Gasteiger partial charge in [0.2, 0.25) is 0 Å². The summed E-state index contributed by atoms with van der Waals surface area (Å²) >= 11 is 3.19. The van der Waals surface area contributed by atoms with Gasteiger partial charge in [-0.1, -0.05) is 22.0 Å². The second-order valence-corrected chi connectivity index (χ2v) is 6.82. The fourth-order valence-electron chi connectivity index (χ4n) is 1.61. The van der Waals surface area contributed by atoms with E-state index in [1.165, 1.54) is 24.3 Å². The molecule has 0 bridgehead atoms. The molecule has 0 aliphatic carbocycles. The van der Waals surface area contributed by atoms with Crippen molar-refractivity contribution >= 4 is 37.3 Å². The number of nitrogens with two attached hydrogens (primary N) is 1. The smallest absolute Gasteiger partial charge is 0.263 e. The Balaban J connectivity index is 2.40. The number of benzene rings is 2. The standard InChI is InChI=1S/C13H12BrFN2O2S/c1-8-2-4-10(7-11(8)15)17-20(18,19)13-6-9(14)3-5-12(13)16/h2-7,17H,16H2,1H3. The molecule has 3 N–H and O–H groups in total. The summed E-state index contributed by atoms with van der Waals surface area (Å²) in [6, 6.07) is 8.62. The zero-order valence-corrected chi connectivity index (χ0v) is 12.9. The van der Waals surface area contributed by atoms with Crippen molar-refractivity contribution in [2.45, 2.75) is 11.8 Å². The van der Waals surface area contributed by atoms with E-state index < -0.39 is 15.8 Å². The fraction of sp³-hybridized carbons (Fsp3) is 0.0769. The van der Waals surface area contributed by atoms with Crippen LogP contribution in [0.25, 0.3) is 0 Å². The summed E-state index contributed by atoms with van der Waals surface area (Å²) in [6.45, 7) is 1.60. The molecule has 7 heteroatoms. The molecule has 0 radical (unpaired) electrons. The molecule has 2 aromatic carbocycles. The highest BCUT2D eigenvalue weighted by molar-refractivity contribution is 9.10. The van der Waals surface area contributed by atoms with Crippen LogP contribution >= 0.6 is 15.9 Å². The second kappa shape index (κ2) is 5.41. The average molecular weight is 359 g/mol. The number of anilines is 2. The van der Waals surface area contributed by atoms with Crippen LogP contribution < -0.4 is 10.5 Å². The molecule has 4 nitrogen and oxygen atoms in total.